The maximum Gasteiger partial charge on any atom is 0.321 e. The number of aromatic nitrogens is 3. The first-order valence-corrected chi connectivity index (χ1v) is 8.41. The van der Waals surface area contributed by atoms with Crippen molar-refractivity contribution in [2.45, 2.75) is 20.5 Å². The lowest BCUT2D eigenvalue weighted by molar-refractivity contribution is 0.217. The fourth-order valence-corrected chi connectivity index (χ4v) is 2.65. The van der Waals surface area contributed by atoms with Crippen molar-refractivity contribution in [2.75, 3.05) is 18.4 Å². The molecule has 0 aliphatic carbocycles. The van der Waals surface area contributed by atoms with Crippen LogP contribution in [0.25, 0.3) is 16.7 Å². The number of rotatable bonds is 5. The number of urea groups is 1. The van der Waals surface area contributed by atoms with E-state index in [4.69, 9.17) is 0 Å². The average Bonchev–Trinajstić information content (AvgIpc) is 3.05. The van der Waals surface area contributed by atoms with E-state index in [0.29, 0.717) is 35.5 Å². The molecule has 0 unspecified atom stereocenters. The molecule has 1 aromatic heterocycles. The van der Waals surface area contributed by atoms with Gasteiger partial charge < -0.3 is 20.4 Å². The average molecular weight is 355 g/mol. The first-order valence-electron chi connectivity index (χ1n) is 8.41. The largest absolute Gasteiger partial charge is 0.506 e. The van der Waals surface area contributed by atoms with Gasteiger partial charge in [0.1, 0.15) is 22.5 Å². The number of anilines is 1. The van der Waals surface area contributed by atoms with E-state index in [2.05, 4.69) is 15.5 Å². The van der Waals surface area contributed by atoms with E-state index in [1.807, 2.05) is 13.8 Å². The number of aliphatic hydroxyl groups is 1. The molecule has 1 heterocycles. The number of amides is 2. The number of nitrogens with one attached hydrogen (secondary N) is 1. The number of fused-ring (bicyclic) bond motifs is 1. The summed E-state index contributed by atoms with van der Waals surface area (Å²) in [7, 11) is 0. The summed E-state index contributed by atoms with van der Waals surface area (Å²) in [4.78, 5) is 15.1. The summed E-state index contributed by atoms with van der Waals surface area (Å²) in [6.07, 6.45) is 0. The van der Waals surface area contributed by atoms with Crippen LogP contribution < -0.4 is 5.32 Å². The van der Waals surface area contributed by atoms with E-state index in [-0.39, 0.29) is 18.4 Å². The fraction of sp³-hybridized carbons (Fsp3) is 0.278. The Morgan fingerprint density at radius 1 is 1.12 bits per heavy atom. The third-order valence-corrected chi connectivity index (χ3v) is 4.12. The lowest BCUT2D eigenvalue weighted by Gasteiger charge is -2.19. The zero-order valence-corrected chi connectivity index (χ0v) is 14.7. The molecular formula is C18H21N5O3. The minimum Gasteiger partial charge on any atom is -0.506 e. The molecule has 0 saturated heterocycles. The molecule has 0 aliphatic rings. The summed E-state index contributed by atoms with van der Waals surface area (Å²) < 4.78 is 0. The van der Waals surface area contributed by atoms with Gasteiger partial charge in [0.25, 0.3) is 0 Å². The number of hydrogen-bond donors (Lipinski definition) is 3. The van der Waals surface area contributed by atoms with E-state index < -0.39 is 0 Å². The van der Waals surface area contributed by atoms with Crippen LogP contribution in [0.1, 0.15) is 19.4 Å². The minimum atomic E-state index is -0.221. The summed E-state index contributed by atoms with van der Waals surface area (Å²) in [6.45, 7) is 4.94. The van der Waals surface area contributed by atoms with Gasteiger partial charge in [-0.2, -0.15) is 0 Å². The SMILES string of the molecule is CCN(CC)C(=O)Nc1ccc(-n2nc3ccc(CO)cc3n2)c(O)c1. The number of benzene rings is 2. The van der Waals surface area contributed by atoms with Crippen LogP contribution in [-0.2, 0) is 6.61 Å². The molecule has 136 valence electrons. The van der Waals surface area contributed by atoms with Crippen molar-refractivity contribution in [2.24, 2.45) is 0 Å². The number of aromatic hydroxyl groups is 1. The first kappa shape index (κ1) is 17.7. The Labute approximate surface area is 150 Å². The second-order valence-electron chi connectivity index (χ2n) is 5.78. The lowest BCUT2D eigenvalue weighted by atomic mass is 10.2. The quantitative estimate of drug-likeness (QED) is 0.652. The van der Waals surface area contributed by atoms with E-state index in [1.165, 1.54) is 10.9 Å². The van der Waals surface area contributed by atoms with E-state index in [0.717, 1.165) is 5.56 Å². The van der Waals surface area contributed by atoms with Gasteiger partial charge in [0, 0.05) is 24.8 Å². The second-order valence-corrected chi connectivity index (χ2v) is 5.78. The Balaban J connectivity index is 1.87. The highest BCUT2D eigenvalue weighted by Gasteiger charge is 2.13. The minimum absolute atomic E-state index is 0.0509. The van der Waals surface area contributed by atoms with Crippen LogP contribution in [0, 0.1) is 0 Å². The molecule has 8 heteroatoms. The van der Waals surface area contributed by atoms with Crippen molar-refractivity contribution < 1.29 is 15.0 Å². The molecule has 0 radical (unpaired) electrons. The molecule has 3 rings (SSSR count). The number of carbonyl (C=O) groups is 1. The number of phenolic OH excluding ortho intramolecular Hbond substituents is 1. The van der Waals surface area contributed by atoms with Gasteiger partial charge >= 0.3 is 6.03 Å². The molecule has 3 aromatic rings. The Hall–Kier alpha value is -3.13. The predicted molar refractivity (Wildman–Crippen MR) is 98.4 cm³/mol. The molecule has 8 nitrogen and oxygen atoms in total. The summed E-state index contributed by atoms with van der Waals surface area (Å²) in [5.41, 5.74) is 2.90. The maximum absolute atomic E-state index is 12.1. The van der Waals surface area contributed by atoms with Crippen LogP contribution in [0.2, 0.25) is 0 Å². The van der Waals surface area contributed by atoms with Crippen LogP contribution in [0.15, 0.2) is 36.4 Å². The number of nitrogens with zero attached hydrogens (tertiary/aromatic N) is 4. The highest BCUT2D eigenvalue weighted by Crippen LogP contribution is 2.26. The summed E-state index contributed by atoms with van der Waals surface area (Å²) in [6, 6.07) is 9.84. The molecule has 0 saturated carbocycles. The molecule has 0 spiro atoms. The van der Waals surface area contributed by atoms with Gasteiger partial charge in [0.05, 0.1) is 6.61 Å². The number of hydrogen-bond acceptors (Lipinski definition) is 5. The molecule has 26 heavy (non-hydrogen) atoms. The van der Waals surface area contributed by atoms with E-state index >= 15 is 0 Å². The standard InChI is InChI=1S/C18H21N5O3/c1-3-22(4-2)18(26)19-13-6-8-16(17(25)10-13)23-20-14-7-5-12(11-24)9-15(14)21-23/h5-10,24-25H,3-4,11H2,1-2H3,(H,19,26). The Morgan fingerprint density at radius 3 is 2.50 bits per heavy atom. The third kappa shape index (κ3) is 3.45. The van der Waals surface area contributed by atoms with Crippen molar-refractivity contribution >= 4 is 22.8 Å². The van der Waals surface area contributed by atoms with Crippen LogP contribution in [0.4, 0.5) is 10.5 Å². The molecular weight excluding hydrogens is 334 g/mol. The second kappa shape index (κ2) is 7.40. The van der Waals surface area contributed by atoms with Crippen molar-refractivity contribution in [1.29, 1.82) is 0 Å². The highest BCUT2D eigenvalue weighted by atomic mass is 16.3. The third-order valence-electron chi connectivity index (χ3n) is 4.12. The molecule has 2 amide bonds. The van der Waals surface area contributed by atoms with Gasteiger partial charge in [0.2, 0.25) is 0 Å². The molecule has 2 aromatic carbocycles. The Morgan fingerprint density at radius 2 is 1.85 bits per heavy atom. The Bertz CT molecular complexity index is 934. The van der Waals surface area contributed by atoms with Gasteiger partial charge in [-0.1, -0.05) is 6.07 Å². The first-order chi connectivity index (χ1) is 12.5. The molecule has 0 atom stereocenters. The van der Waals surface area contributed by atoms with Crippen molar-refractivity contribution in [3.63, 3.8) is 0 Å². The van der Waals surface area contributed by atoms with Crippen molar-refractivity contribution in [3.8, 4) is 11.4 Å². The lowest BCUT2D eigenvalue weighted by Crippen LogP contribution is -2.34. The smallest absolute Gasteiger partial charge is 0.321 e. The van der Waals surface area contributed by atoms with E-state index in [9.17, 15) is 15.0 Å². The fourth-order valence-electron chi connectivity index (χ4n) is 2.65. The summed E-state index contributed by atoms with van der Waals surface area (Å²) >= 11 is 0. The number of phenols is 1. The summed E-state index contributed by atoms with van der Waals surface area (Å²) in [5.74, 6) is -0.0509. The topological polar surface area (TPSA) is 104 Å². The molecule has 0 aliphatic heterocycles. The van der Waals surface area contributed by atoms with Crippen LogP contribution in [0.3, 0.4) is 0 Å². The van der Waals surface area contributed by atoms with Gasteiger partial charge in [-0.15, -0.1) is 15.0 Å². The van der Waals surface area contributed by atoms with Crippen LogP contribution >= 0.6 is 0 Å². The predicted octanol–water partition coefficient (Wildman–Crippen LogP) is 2.49. The number of carbonyl (C=O) groups excluding carboxylic acids is 1. The maximum atomic E-state index is 12.1. The van der Waals surface area contributed by atoms with Crippen LogP contribution in [0.5, 0.6) is 5.75 Å². The normalized spacial score (nSPS) is 10.9. The van der Waals surface area contributed by atoms with E-state index in [1.54, 1.807) is 35.2 Å². The van der Waals surface area contributed by atoms with Gasteiger partial charge in [-0.3, -0.25) is 0 Å². The van der Waals surface area contributed by atoms with Crippen molar-refractivity contribution in [1.82, 2.24) is 19.9 Å². The monoisotopic (exact) mass is 355 g/mol. The van der Waals surface area contributed by atoms with Crippen LogP contribution in [-0.4, -0.2) is 49.2 Å². The molecule has 0 bridgehead atoms. The Kier molecular flexibility index (Phi) is 5.04. The zero-order chi connectivity index (χ0) is 18.7. The summed E-state index contributed by atoms with van der Waals surface area (Å²) in [5, 5.41) is 31.0. The zero-order valence-electron chi connectivity index (χ0n) is 14.7. The van der Waals surface area contributed by atoms with Gasteiger partial charge in [-0.25, -0.2) is 4.79 Å². The number of aliphatic hydroxyl groups excluding tert-OH is 1. The molecule has 3 N–H and O–H groups in total. The highest BCUT2D eigenvalue weighted by molar-refractivity contribution is 5.89. The van der Waals surface area contributed by atoms with Gasteiger partial charge in [0.15, 0.2) is 0 Å². The molecule has 0 fully saturated rings. The van der Waals surface area contributed by atoms with Gasteiger partial charge in [-0.05, 0) is 43.7 Å². The van der Waals surface area contributed by atoms with Crippen molar-refractivity contribution in [3.05, 3.63) is 42.0 Å².